The SMILES string of the molecule is NCC1(C(=O)Nc2cnn(CC(=O)O)c2)CCCCCC1. The maximum Gasteiger partial charge on any atom is 0.325 e. The van der Waals surface area contributed by atoms with Gasteiger partial charge in [-0.05, 0) is 12.8 Å². The fourth-order valence-electron chi connectivity index (χ4n) is 2.85. The Balaban J connectivity index is 2.04. The molecule has 2 rings (SSSR count). The van der Waals surface area contributed by atoms with Crippen LogP contribution in [0.3, 0.4) is 0 Å². The molecule has 7 heteroatoms. The number of anilines is 1. The van der Waals surface area contributed by atoms with E-state index in [1.807, 2.05) is 0 Å². The Hall–Kier alpha value is -1.89. The van der Waals surface area contributed by atoms with Gasteiger partial charge in [0.2, 0.25) is 5.91 Å². The number of nitrogens with one attached hydrogen (secondary N) is 1. The van der Waals surface area contributed by atoms with Crippen molar-refractivity contribution in [1.29, 1.82) is 0 Å². The van der Waals surface area contributed by atoms with Crippen LogP contribution in [-0.4, -0.2) is 33.3 Å². The number of nitrogens with two attached hydrogens (primary N) is 1. The topological polar surface area (TPSA) is 110 Å². The van der Waals surface area contributed by atoms with Crippen LogP contribution in [0.25, 0.3) is 0 Å². The Morgan fingerprint density at radius 1 is 1.33 bits per heavy atom. The zero-order valence-corrected chi connectivity index (χ0v) is 12.0. The lowest BCUT2D eigenvalue weighted by Crippen LogP contribution is -2.42. The number of carbonyl (C=O) groups is 2. The molecule has 7 nitrogen and oxygen atoms in total. The van der Waals surface area contributed by atoms with E-state index in [4.69, 9.17) is 10.8 Å². The summed E-state index contributed by atoms with van der Waals surface area (Å²) in [5.41, 5.74) is 5.88. The van der Waals surface area contributed by atoms with Crippen LogP contribution in [0.2, 0.25) is 0 Å². The van der Waals surface area contributed by atoms with Crippen molar-refractivity contribution < 1.29 is 14.7 Å². The van der Waals surface area contributed by atoms with Crippen molar-refractivity contribution in [2.24, 2.45) is 11.1 Å². The third-order valence-corrected chi connectivity index (χ3v) is 4.12. The molecule has 1 saturated carbocycles. The summed E-state index contributed by atoms with van der Waals surface area (Å²) in [5.74, 6) is -1.06. The molecule has 1 aliphatic carbocycles. The first kappa shape index (κ1) is 15.5. The zero-order chi connectivity index (χ0) is 15.3. The minimum absolute atomic E-state index is 0.0817. The van der Waals surface area contributed by atoms with Gasteiger partial charge in [0, 0.05) is 12.7 Å². The number of hydrogen-bond donors (Lipinski definition) is 3. The van der Waals surface area contributed by atoms with E-state index in [9.17, 15) is 9.59 Å². The first-order chi connectivity index (χ1) is 10.1. The fraction of sp³-hybridized carbons (Fsp3) is 0.643. The predicted octanol–water partition coefficient (Wildman–Crippen LogP) is 1.21. The van der Waals surface area contributed by atoms with Crippen molar-refractivity contribution in [2.45, 2.75) is 45.1 Å². The van der Waals surface area contributed by atoms with Gasteiger partial charge in [-0.1, -0.05) is 25.7 Å². The van der Waals surface area contributed by atoms with Gasteiger partial charge in [-0.25, -0.2) is 0 Å². The number of carboxylic acids is 1. The van der Waals surface area contributed by atoms with E-state index < -0.39 is 11.4 Å². The number of aromatic nitrogens is 2. The van der Waals surface area contributed by atoms with Crippen molar-refractivity contribution in [1.82, 2.24) is 9.78 Å². The number of carboxylic acid groups (broad SMARTS) is 1. The van der Waals surface area contributed by atoms with E-state index >= 15 is 0 Å². The third-order valence-electron chi connectivity index (χ3n) is 4.12. The van der Waals surface area contributed by atoms with Gasteiger partial charge in [0.1, 0.15) is 6.54 Å². The summed E-state index contributed by atoms with van der Waals surface area (Å²) in [7, 11) is 0. The summed E-state index contributed by atoms with van der Waals surface area (Å²) in [6, 6.07) is 0. The molecular weight excluding hydrogens is 272 g/mol. The number of aliphatic carboxylic acids is 1. The summed E-state index contributed by atoms with van der Waals surface area (Å²) in [5, 5.41) is 15.4. The number of rotatable bonds is 5. The van der Waals surface area contributed by atoms with Gasteiger partial charge in [-0.2, -0.15) is 5.10 Å². The van der Waals surface area contributed by atoms with Gasteiger partial charge in [0.25, 0.3) is 0 Å². The average molecular weight is 294 g/mol. The summed E-state index contributed by atoms with van der Waals surface area (Å²) in [6.07, 6.45) is 8.91. The van der Waals surface area contributed by atoms with E-state index in [-0.39, 0.29) is 12.5 Å². The standard InChI is InChI=1S/C14H22N4O3/c15-10-14(5-3-1-2-4-6-14)13(21)17-11-7-16-18(8-11)9-12(19)20/h7-8H,1-6,9-10,15H2,(H,17,21)(H,19,20). The van der Waals surface area contributed by atoms with Gasteiger partial charge in [0.15, 0.2) is 0 Å². The van der Waals surface area contributed by atoms with Crippen molar-refractivity contribution >= 4 is 17.6 Å². The summed E-state index contributed by atoms with van der Waals surface area (Å²) < 4.78 is 1.28. The molecule has 0 saturated heterocycles. The Labute approximate surface area is 123 Å². The second-order valence-electron chi connectivity index (χ2n) is 5.67. The van der Waals surface area contributed by atoms with Crippen molar-refractivity contribution in [3.63, 3.8) is 0 Å². The Morgan fingerprint density at radius 2 is 2.00 bits per heavy atom. The molecule has 1 aromatic heterocycles. The highest BCUT2D eigenvalue weighted by molar-refractivity contribution is 5.95. The van der Waals surface area contributed by atoms with Gasteiger partial charge in [-0.3, -0.25) is 14.3 Å². The Morgan fingerprint density at radius 3 is 2.57 bits per heavy atom. The highest BCUT2D eigenvalue weighted by atomic mass is 16.4. The molecule has 116 valence electrons. The molecule has 1 fully saturated rings. The molecule has 1 aliphatic rings. The fourth-order valence-corrected chi connectivity index (χ4v) is 2.85. The molecule has 4 N–H and O–H groups in total. The number of hydrogen-bond acceptors (Lipinski definition) is 4. The first-order valence-electron chi connectivity index (χ1n) is 7.31. The highest BCUT2D eigenvalue weighted by Crippen LogP contribution is 2.35. The molecule has 0 radical (unpaired) electrons. The van der Waals surface area contributed by atoms with Crippen molar-refractivity contribution in [3.8, 4) is 0 Å². The molecule has 0 atom stereocenters. The number of carbonyl (C=O) groups excluding carboxylic acids is 1. The van der Waals surface area contributed by atoms with Crippen LogP contribution in [0.15, 0.2) is 12.4 Å². The smallest absolute Gasteiger partial charge is 0.325 e. The van der Waals surface area contributed by atoms with Crippen molar-refractivity contribution in [2.75, 3.05) is 11.9 Å². The molecule has 1 heterocycles. The first-order valence-corrected chi connectivity index (χ1v) is 7.31. The molecular formula is C14H22N4O3. The molecule has 1 aromatic rings. The summed E-state index contributed by atoms with van der Waals surface area (Å²) >= 11 is 0. The van der Waals surface area contributed by atoms with Crippen LogP contribution in [0.5, 0.6) is 0 Å². The quantitative estimate of drug-likeness (QED) is 0.707. The lowest BCUT2D eigenvalue weighted by molar-refractivity contribution is -0.137. The van der Waals surface area contributed by atoms with E-state index in [1.165, 1.54) is 17.1 Å². The second-order valence-corrected chi connectivity index (χ2v) is 5.67. The van der Waals surface area contributed by atoms with Crippen LogP contribution in [0.4, 0.5) is 5.69 Å². The normalized spacial score (nSPS) is 18.0. The van der Waals surface area contributed by atoms with Crippen LogP contribution >= 0.6 is 0 Å². The maximum absolute atomic E-state index is 12.6. The van der Waals surface area contributed by atoms with E-state index in [1.54, 1.807) is 0 Å². The Bertz CT molecular complexity index is 504. The molecule has 0 aliphatic heterocycles. The van der Waals surface area contributed by atoms with Crippen molar-refractivity contribution in [3.05, 3.63) is 12.4 Å². The molecule has 0 unspecified atom stereocenters. The van der Waals surface area contributed by atoms with Gasteiger partial charge < -0.3 is 16.2 Å². The van der Waals surface area contributed by atoms with Crippen LogP contribution < -0.4 is 11.1 Å². The molecule has 0 bridgehead atoms. The lowest BCUT2D eigenvalue weighted by Gasteiger charge is -2.29. The van der Waals surface area contributed by atoms with Crippen LogP contribution in [-0.2, 0) is 16.1 Å². The van der Waals surface area contributed by atoms with Gasteiger partial charge in [-0.15, -0.1) is 0 Å². The predicted molar refractivity (Wildman–Crippen MR) is 77.7 cm³/mol. The largest absolute Gasteiger partial charge is 0.480 e. The minimum Gasteiger partial charge on any atom is -0.480 e. The highest BCUT2D eigenvalue weighted by Gasteiger charge is 2.37. The van der Waals surface area contributed by atoms with Crippen LogP contribution in [0, 0.1) is 5.41 Å². The summed E-state index contributed by atoms with van der Waals surface area (Å²) in [6.45, 7) is 0.111. The Kier molecular flexibility index (Phi) is 4.95. The van der Waals surface area contributed by atoms with Gasteiger partial charge >= 0.3 is 5.97 Å². The number of nitrogens with zero attached hydrogens (tertiary/aromatic N) is 2. The van der Waals surface area contributed by atoms with E-state index in [2.05, 4.69) is 10.4 Å². The number of amides is 1. The van der Waals surface area contributed by atoms with Crippen LogP contribution in [0.1, 0.15) is 38.5 Å². The maximum atomic E-state index is 12.6. The lowest BCUT2D eigenvalue weighted by atomic mass is 9.79. The molecule has 0 spiro atoms. The monoisotopic (exact) mass is 294 g/mol. The zero-order valence-electron chi connectivity index (χ0n) is 12.0. The molecule has 21 heavy (non-hydrogen) atoms. The average Bonchev–Trinajstić information content (AvgIpc) is 2.74. The minimum atomic E-state index is -0.974. The second kappa shape index (κ2) is 6.71. The summed E-state index contributed by atoms with van der Waals surface area (Å²) in [4.78, 5) is 23.2. The molecule has 1 amide bonds. The third kappa shape index (κ3) is 3.81. The molecule has 0 aromatic carbocycles. The van der Waals surface area contributed by atoms with E-state index in [0.29, 0.717) is 12.2 Å². The van der Waals surface area contributed by atoms with E-state index in [0.717, 1.165) is 38.5 Å². The van der Waals surface area contributed by atoms with Gasteiger partial charge in [0.05, 0.1) is 17.3 Å².